The molecule has 21 heavy (non-hydrogen) atoms. The largest absolute Gasteiger partial charge is 0.274 e. The van der Waals surface area contributed by atoms with Crippen molar-refractivity contribution in [2.45, 2.75) is 19.3 Å². The van der Waals surface area contributed by atoms with Gasteiger partial charge in [0.15, 0.2) is 0 Å². The van der Waals surface area contributed by atoms with E-state index >= 15 is 0 Å². The van der Waals surface area contributed by atoms with Crippen LogP contribution in [0.15, 0.2) is 42.7 Å². The van der Waals surface area contributed by atoms with Gasteiger partial charge in [0.1, 0.15) is 5.82 Å². The number of hydrogen-bond acceptors (Lipinski definition) is 4. The highest BCUT2D eigenvalue weighted by Gasteiger charge is 2.34. The van der Waals surface area contributed by atoms with Crippen LogP contribution in [0, 0.1) is 0 Å². The van der Waals surface area contributed by atoms with Crippen molar-refractivity contribution in [1.29, 1.82) is 0 Å². The van der Waals surface area contributed by atoms with Gasteiger partial charge in [-0.1, -0.05) is 12.1 Å². The van der Waals surface area contributed by atoms with Crippen LogP contribution in [0.5, 0.6) is 0 Å². The van der Waals surface area contributed by atoms with Gasteiger partial charge in [0.25, 0.3) is 11.8 Å². The number of imide groups is 1. The van der Waals surface area contributed by atoms with Crippen molar-refractivity contribution in [1.82, 2.24) is 14.9 Å². The minimum absolute atomic E-state index is 0.188. The van der Waals surface area contributed by atoms with Gasteiger partial charge in [-0.05, 0) is 31.0 Å². The summed E-state index contributed by atoms with van der Waals surface area (Å²) in [5, 5.41) is 0. The lowest BCUT2D eigenvalue weighted by atomic mass is 10.1. The standard InChI is InChI=1S/C16H15N3O2/c20-15-12-6-1-2-7-13(12)16(21)19(15)11-4-3-8-14-17-9-5-10-18-14/h1-2,5-7,9-10H,3-4,8,11H2. The number of carbonyl (C=O) groups is 2. The molecular formula is C16H15N3O2. The van der Waals surface area contributed by atoms with Crippen LogP contribution in [0.2, 0.25) is 0 Å². The minimum Gasteiger partial charge on any atom is -0.274 e. The Kier molecular flexibility index (Phi) is 3.73. The fourth-order valence-corrected chi connectivity index (χ4v) is 2.45. The lowest BCUT2D eigenvalue weighted by Gasteiger charge is -2.13. The fraction of sp³-hybridized carbons (Fsp3) is 0.250. The van der Waals surface area contributed by atoms with Crippen molar-refractivity contribution < 1.29 is 9.59 Å². The fourth-order valence-electron chi connectivity index (χ4n) is 2.45. The molecule has 0 spiro atoms. The molecule has 0 saturated carbocycles. The average Bonchev–Trinajstić information content (AvgIpc) is 2.77. The number of nitrogens with zero attached hydrogens (tertiary/aromatic N) is 3. The first-order valence-corrected chi connectivity index (χ1v) is 6.98. The van der Waals surface area contributed by atoms with Crippen LogP contribution >= 0.6 is 0 Å². The number of hydrogen-bond donors (Lipinski definition) is 0. The summed E-state index contributed by atoms with van der Waals surface area (Å²) in [4.78, 5) is 33.9. The normalized spacial score (nSPS) is 13.6. The number of amides is 2. The minimum atomic E-state index is -0.188. The third-order valence-corrected chi connectivity index (χ3v) is 3.53. The van der Waals surface area contributed by atoms with E-state index in [0.29, 0.717) is 17.7 Å². The average molecular weight is 281 g/mol. The van der Waals surface area contributed by atoms with E-state index in [1.54, 1.807) is 42.7 Å². The van der Waals surface area contributed by atoms with E-state index in [9.17, 15) is 9.59 Å². The first-order chi connectivity index (χ1) is 10.3. The number of fused-ring (bicyclic) bond motifs is 1. The Labute approximate surface area is 122 Å². The van der Waals surface area contributed by atoms with E-state index in [0.717, 1.165) is 25.1 Å². The summed E-state index contributed by atoms with van der Waals surface area (Å²) in [5.41, 5.74) is 1.02. The first kappa shape index (κ1) is 13.4. The highest BCUT2D eigenvalue weighted by Crippen LogP contribution is 2.22. The van der Waals surface area contributed by atoms with Gasteiger partial charge in [0.05, 0.1) is 11.1 Å². The van der Waals surface area contributed by atoms with E-state index in [-0.39, 0.29) is 11.8 Å². The highest BCUT2D eigenvalue weighted by molar-refractivity contribution is 6.21. The second kappa shape index (κ2) is 5.83. The molecule has 1 aliphatic heterocycles. The van der Waals surface area contributed by atoms with Crippen LogP contribution < -0.4 is 0 Å². The summed E-state index contributed by atoms with van der Waals surface area (Å²) in [6, 6.07) is 8.74. The summed E-state index contributed by atoms with van der Waals surface area (Å²) in [6.45, 7) is 0.444. The molecule has 0 fully saturated rings. The quantitative estimate of drug-likeness (QED) is 0.622. The second-order valence-corrected chi connectivity index (χ2v) is 4.93. The third kappa shape index (κ3) is 2.67. The Morgan fingerprint density at radius 1 is 0.857 bits per heavy atom. The van der Waals surface area contributed by atoms with E-state index in [1.807, 2.05) is 0 Å². The first-order valence-electron chi connectivity index (χ1n) is 6.98. The number of rotatable bonds is 5. The maximum Gasteiger partial charge on any atom is 0.261 e. The molecule has 0 N–H and O–H groups in total. The Hall–Kier alpha value is -2.56. The van der Waals surface area contributed by atoms with E-state index in [1.165, 1.54) is 4.90 Å². The van der Waals surface area contributed by atoms with Gasteiger partial charge in [-0.2, -0.15) is 0 Å². The molecule has 1 aromatic heterocycles. The van der Waals surface area contributed by atoms with Crippen LogP contribution in [0.4, 0.5) is 0 Å². The van der Waals surface area contributed by atoms with Gasteiger partial charge in [-0.25, -0.2) is 9.97 Å². The van der Waals surface area contributed by atoms with Crippen molar-refractivity contribution in [2.75, 3.05) is 6.54 Å². The maximum absolute atomic E-state index is 12.2. The van der Waals surface area contributed by atoms with E-state index in [2.05, 4.69) is 9.97 Å². The smallest absolute Gasteiger partial charge is 0.261 e. The van der Waals surface area contributed by atoms with E-state index in [4.69, 9.17) is 0 Å². The molecule has 2 amide bonds. The predicted octanol–water partition coefficient (Wildman–Crippen LogP) is 2.10. The Morgan fingerprint density at radius 3 is 2.10 bits per heavy atom. The van der Waals surface area contributed by atoms with Gasteiger partial charge in [-0.3, -0.25) is 14.5 Å². The van der Waals surface area contributed by atoms with Crippen molar-refractivity contribution in [3.05, 3.63) is 59.7 Å². The maximum atomic E-state index is 12.2. The summed E-state index contributed by atoms with van der Waals surface area (Å²) in [6.07, 6.45) is 5.78. The molecule has 106 valence electrons. The molecule has 5 heteroatoms. The van der Waals surface area contributed by atoms with Crippen LogP contribution in [-0.4, -0.2) is 33.2 Å². The monoisotopic (exact) mass is 281 g/mol. The van der Waals surface area contributed by atoms with Gasteiger partial charge in [0.2, 0.25) is 0 Å². The summed E-state index contributed by atoms with van der Waals surface area (Å²) in [7, 11) is 0. The third-order valence-electron chi connectivity index (χ3n) is 3.53. The molecule has 0 atom stereocenters. The molecule has 0 bridgehead atoms. The molecule has 2 aromatic rings. The summed E-state index contributed by atoms with van der Waals surface area (Å²) >= 11 is 0. The van der Waals surface area contributed by atoms with Gasteiger partial charge in [0, 0.05) is 25.4 Å². The molecule has 5 nitrogen and oxygen atoms in total. The van der Waals surface area contributed by atoms with Crippen molar-refractivity contribution in [2.24, 2.45) is 0 Å². The van der Waals surface area contributed by atoms with Gasteiger partial charge in [-0.15, -0.1) is 0 Å². The van der Waals surface area contributed by atoms with E-state index < -0.39 is 0 Å². The van der Waals surface area contributed by atoms with Gasteiger partial charge < -0.3 is 0 Å². The zero-order valence-corrected chi connectivity index (χ0v) is 11.5. The SMILES string of the molecule is O=C1c2ccccc2C(=O)N1CCCCc1ncccn1. The Morgan fingerprint density at radius 2 is 1.48 bits per heavy atom. The summed E-state index contributed by atoms with van der Waals surface area (Å²) in [5.74, 6) is 0.415. The van der Waals surface area contributed by atoms with Crippen LogP contribution in [0.1, 0.15) is 39.4 Å². The van der Waals surface area contributed by atoms with Crippen LogP contribution in [-0.2, 0) is 6.42 Å². The van der Waals surface area contributed by atoms with Crippen molar-refractivity contribution in [3.63, 3.8) is 0 Å². The number of aromatic nitrogens is 2. The Bertz CT molecular complexity index is 635. The number of benzene rings is 1. The number of aryl methyl sites for hydroxylation is 1. The molecule has 1 aromatic carbocycles. The predicted molar refractivity (Wildman–Crippen MR) is 76.8 cm³/mol. The van der Waals surface area contributed by atoms with Gasteiger partial charge >= 0.3 is 0 Å². The Balaban J connectivity index is 1.55. The molecule has 0 aliphatic carbocycles. The lowest BCUT2D eigenvalue weighted by Crippen LogP contribution is -2.30. The molecular weight excluding hydrogens is 266 g/mol. The number of unbranched alkanes of at least 4 members (excludes halogenated alkanes) is 1. The number of carbonyl (C=O) groups excluding carboxylic acids is 2. The highest BCUT2D eigenvalue weighted by atomic mass is 16.2. The summed E-state index contributed by atoms with van der Waals surface area (Å²) < 4.78 is 0. The molecule has 0 radical (unpaired) electrons. The zero-order valence-electron chi connectivity index (χ0n) is 11.5. The molecule has 0 saturated heterocycles. The second-order valence-electron chi connectivity index (χ2n) is 4.93. The molecule has 2 heterocycles. The van der Waals surface area contributed by atoms with Crippen molar-refractivity contribution >= 4 is 11.8 Å². The molecule has 0 unspecified atom stereocenters. The molecule has 1 aliphatic rings. The molecule has 3 rings (SSSR count). The van der Waals surface area contributed by atoms with Crippen LogP contribution in [0.25, 0.3) is 0 Å². The van der Waals surface area contributed by atoms with Crippen LogP contribution in [0.3, 0.4) is 0 Å². The zero-order chi connectivity index (χ0) is 14.7. The topological polar surface area (TPSA) is 63.2 Å². The lowest BCUT2D eigenvalue weighted by molar-refractivity contribution is 0.0652. The van der Waals surface area contributed by atoms with Crippen molar-refractivity contribution in [3.8, 4) is 0 Å².